The molecule has 0 bridgehead atoms. The fourth-order valence-electron chi connectivity index (χ4n) is 1.27. The Morgan fingerprint density at radius 1 is 1.12 bits per heavy atom. The van der Waals surface area contributed by atoms with Gasteiger partial charge in [0.2, 0.25) is 0 Å². The molecule has 0 saturated carbocycles. The molecule has 88 valence electrons. The van der Waals surface area contributed by atoms with Crippen LogP contribution in [0.3, 0.4) is 0 Å². The molecule has 0 radical (unpaired) electrons. The average Bonchev–Trinajstić information content (AvgIpc) is 2.24. The van der Waals surface area contributed by atoms with Crippen molar-refractivity contribution in [2.24, 2.45) is 5.41 Å². The molecule has 3 nitrogen and oxygen atoms in total. The van der Waals surface area contributed by atoms with Gasteiger partial charge in [-0.25, -0.2) is 0 Å². The molecule has 2 rings (SSSR count). The van der Waals surface area contributed by atoms with Crippen LogP contribution in [0, 0.1) is 12.3 Å². The largest absolute Gasteiger partial charge is 0.427 e. The predicted octanol–water partition coefficient (Wildman–Crippen LogP) is 3.67. The highest BCUT2D eigenvalue weighted by Gasteiger charge is 2.31. The van der Waals surface area contributed by atoms with E-state index in [9.17, 15) is 0 Å². The molecule has 0 aromatic heterocycles. The van der Waals surface area contributed by atoms with Crippen LogP contribution >= 0.6 is 8.60 Å². The van der Waals surface area contributed by atoms with Crippen LogP contribution in [0.1, 0.15) is 19.4 Å². The second-order valence-electron chi connectivity index (χ2n) is 4.84. The Bertz CT molecular complexity index is 338. The maximum absolute atomic E-state index is 5.62. The number of rotatable bonds is 2. The third kappa shape index (κ3) is 3.18. The molecular formula is C12H17O3P. The molecule has 4 heteroatoms. The third-order valence-electron chi connectivity index (χ3n) is 2.32. The van der Waals surface area contributed by atoms with E-state index in [1.165, 1.54) is 5.56 Å². The summed E-state index contributed by atoms with van der Waals surface area (Å²) >= 11 is 0. The van der Waals surface area contributed by atoms with Gasteiger partial charge in [0.25, 0.3) is 0 Å². The first-order chi connectivity index (χ1) is 7.55. The van der Waals surface area contributed by atoms with Crippen molar-refractivity contribution < 1.29 is 13.6 Å². The van der Waals surface area contributed by atoms with E-state index in [0.717, 1.165) is 5.75 Å². The highest BCUT2D eigenvalue weighted by molar-refractivity contribution is 7.42. The molecule has 1 heterocycles. The summed E-state index contributed by atoms with van der Waals surface area (Å²) in [4.78, 5) is 0. The van der Waals surface area contributed by atoms with E-state index in [-0.39, 0.29) is 5.41 Å². The molecule has 0 unspecified atom stereocenters. The van der Waals surface area contributed by atoms with Gasteiger partial charge in [0.1, 0.15) is 5.75 Å². The average molecular weight is 240 g/mol. The second kappa shape index (κ2) is 4.70. The van der Waals surface area contributed by atoms with Crippen molar-refractivity contribution in [3.63, 3.8) is 0 Å². The van der Waals surface area contributed by atoms with Gasteiger partial charge >= 0.3 is 8.60 Å². The summed E-state index contributed by atoms with van der Waals surface area (Å²) < 4.78 is 16.7. The predicted molar refractivity (Wildman–Crippen MR) is 64.4 cm³/mol. The molecule has 0 spiro atoms. The van der Waals surface area contributed by atoms with Crippen LogP contribution in [0.2, 0.25) is 0 Å². The maximum Gasteiger partial charge on any atom is 0.397 e. The zero-order valence-corrected chi connectivity index (χ0v) is 10.8. The first-order valence-electron chi connectivity index (χ1n) is 5.36. The van der Waals surface area contributed by atoms with Crippen molar-refractivity contribution in [3.05, 3.63) is 29.8 Å². The number of hydrogen-bond donors (Lipinski definition) is 0. The second-order valence-corrected chi connectivity index (χ2v) is 5.99. The maximum atomic E-state index is 5.62. The molecule has 0 N–H and O–H groups in total. The Hall–Kier alpha value is -0.630. The van der Waals surface area contributed by atoms with E-state index in [2.05, 4.69) is 13.8 Å². The standard InChI is InChI=1S/C12H17O3P/c1-10-4-6-11(7-5-10)15-16-13-8-12(2,3)9-14-16/h4-7H,8-9H2,1-3H3. The number of benzene rings is 1. The van der Waals surface area contributed by atoms with Gasteiger partial charge in [-0.15, -0.1) is 0 Å². The van der Waals surface area contributed by atoms with Crippen LogP contribution in [0.15, 0.2) is 24.3 Å². The fourth-order valence-corrected chi connectivity index (χ4v) is 2.66. The summed E-state index contributed by atoms with van der Waals surface area (Å²) in [7, 11) is -1.22. The van der Waals surface area contributed by atoms with Gasteiger partial charge in [-0.3, -0.25) is 0 Å². The zero-order valence-electron chi connectivity index (χ0n) is 9.90. The molecular weight excluding hydrogens is 223 g/mol. The quantitative estimate of drug-likeness (QED) is 0.738. The Morgan fingerprint density at radius 3 is 2.25 bits per heavy atom. The molecule has 0 atom stereocenters. The summed E-state index contributed by atoms with van der Waals surface area (Å²) in [6.45, 7) is 7.65. The summed E-state index contributed by atoms with van der Waals surface area (Å²) in [5.74, 6) is 0.802. The van der Waals surface area contributed by atoms with E-state index < -0.39 is 8.60 Å². The molecule has 0 aliphatic carbocycles. The van der Waals surface area contributed by atoms with Gasteiger partial charge in [0.15, 0.2) is 0 Å². The Balaban J connectivity index is 1.89. The highest BCUT2D eigenvalue weighted by Crippen LogP contribution is 2.46. The van der Waals surface area contributed by atoms with Gasteiger partial charge in [0, 0.05) is 5.41 Å². The number of hydrogen-bond acceptors (Lipinski definition) is 3. The van der Waals surface area contributed by atoms with E-state index in [1.54, 1.807) is 0 Å². The third-order valence-corrected chi connectivity index (χ3v) is 3.36. The SMILES string of the molecule is Cc1ccc(OP2OCC(C)(C)CO2)cc1. The Morgan fingerprint density at radius 2 is 1.69 bits per heavy atom. The van der Waals surface area contributed by atoms with Crippen molar-refractivity contribution >= 4 is 8.60 Å². The summed E-state index contributed by atoms with van der Waals surface area (Å²) in [6.07, 6.45) is 0. The summed E-state index contributed by atoms with van der Waals surface area (Å²) in [5.41, 5.74) is 1.31. The molecule has 1 aromatic rings. The van der Waals surface area contributed by atoms with Crippen molar-refractivity contribution in [3.8, 4) is 5.75 Å². The minimum Gasteiger partial charge on any atom is -0.427 e. The van der Waals surface area contributed by atoms with Gasteiger partial charge in [-0.05, 0) is 19.1 Å². The molecule has 1 aliphatic rings. The Labute approximate surface area is 97.7 Å². The molecule has 0 amide bonds. The molecule has 1 saturated heterocycles. The Kier molecular flexibility index (Phi) is 3.48. The fraction of sp³-hybridized carbons (Fsp3) is 0.500. The van der Waals surface area contributed by atoms with Crippen molar-refractivity contribution in [1.29, 1.82) is 0 Å². The van der Waals surface area contributed by atoms with Gasteiger partial charge < -0.3 is 13.6 Å². The van der Waals surface area contributed by atoms with Crippen LogP contribution in [0.25, 0.3) is 0 Å². The van der Waals surface area contributed by atoms with Gasteiger partial charge in [-0.1, -0.05) is 31.5 Å². The van der Waals surface area contributed by atoms with Crippen molar-refractivity contribution in [2.45, 2.75) is 20.8 Å². The van der Waals surface area contributed by atoms with Gasteiger partial charge in [0.05, 0.1) is 13.2 Å². The van der Waals surface area contributed by atoms with Crippen LogP contribution in [0.5, 0.6) is 5.75 Å². The van der Waals surface area contributed by atoms with E-state index in [4.69, 9.17) is 13.6 Å². The smallest absolute Gasteiger partial charge is 0.397 e. The minimum absolute atomic E-state index is 0.0927. The first-order valence-corrected chi connectivity index (χ1v) is 6.45. The molecule has 1 aliphatic heterocycles. The lowest BCUT2D eigenvalue weighted by molar-refractivity contribution is 0.0426. The zero-order chi connectivity index (χ0) is 11.6. The van der Waals surface area contributed by atoms with Crippen LogP contribution < -0.4 is 4.52 Å². The lowest BCUT2D eigenvalue weighted by atomic mass is 9.97. The topological polar surface area (TPSA) is 27.7 Å². The summed E-state index contributed by atoms with van der Waals surface area (Å²) in [5, 5.41) is 0. The van der Waals surface area contributed by atoms with Crippen molar-refractivity contribution in [1.82, 2.24) is 0 Å². The van der Waals surface area contributed by atoms with Gasteiger partial charge in [-0.2, -0.15) is 0 Å². The van der Waals surface area contributed by atoms with E-state index in [0.29, 0.717) is 13.2 Å². The summed E-state index contributed by atoms with van der Waals surface area (Å²) in [6, 6.07) is 7.89. The molecule has 1 fully saturated rings. The normalized spacial score (nSPS) is 20.7. The van der Waals surface area contributed by atoms with Crippen LogP contribution in [0.4, 0.5) is 0 Å². The van der Waals surface area contributed by atoms with Crippen LogP contribution in [-0.2, 0) is 9.05 Å². The monoisotopic (exact) mass is 240 g/mol. The lowest BCUT2D eigenvalue weighted by Crippen LogP contribution is -2.28. The molecule has 1 aromatic carbocycles. The highest BCUT2D eigenvalue weighted by atomic mass is 31.2. The number of aryl methyl sites for hydroxylation is 1. The van der Waals surface area contributed by atoms with Crippen LogP contribution in [-0.4, -0.2) is 13.2 Å². The first kappa shape index (κ1) is 11.8. The van der Waals surface area contributed by atoms with E-state index >= 15 is 0 Å². The minimum atomic E-state index is -1.22. The lowest BCUT2D eigenvalue weighted by Gasteiger charge is -2.32. The molecule has 16 heavy (non-hydrogen) atoms. The van der Waals surface area contributed by atoms with E-state index in [1.807, 2.05) is 31.2 Å². The van der Waals surface area contributed by atoms with Crippen molar-refractivity contribution in [2.75, 3.05) is 13.2 Å².